The molecule has 3 aliphatic rings. The molecule has 4 amide bonds. The van der Waals surface area contributed by atoms with Crippen LogP contribution in [0.4, 0.5) is 25.1 Å². The number of benzene rings is 2. The number of ether oxygens (including phenoxy) is 1. The normalized spacial score (nSPS) is 20.5. The maximum atomic E-state index is 15.5. The van der Waals surface area contributed by atoms with Crippen molar-refractivity contribution in [1.82, 2.24) is 30.1 Å². The van der Waals surface area contributed by atoms with Crippen LogP contribution < -0.4 is 15.5 Å². The van der Waals surface area contributed by atoms with Crippen LogP contribution >= 0.6 is 0 Å². The number of H-pyrrole nitrogens is 1. The van der Waals surface area contributed by atoms with Gasteiger partial charge in [-0.2, -0.15) is 0 Å². The van der Waals surface area contributed by atoms with Crippen molar-refractivity contribution in [3.8, 4) is 22.4 Å². The highest BCUT2D eigenvalue weighted by atomic mass is 19.1. The molecular formula is C43H50F2N8O5. The number of piperazine rings is 1. The summed E-state index contributed by atoms with van der Waals surface area (Å²) in [7, 11) is 1.25. The lowest BCUT2D eigenvalue weighted by Crippen LogP contribution is -2.54. The average molecular weight is 797 g/mol. The minimum atomic E-state index is -0.843. The molecule has 2 aromatic carbocycles. The van der Waals surface area contributed by atoms with E-state index in [0.717, 1.165) is 30.5 Å². The van der Waals surface area contributed by atoms with Crippen LogP contribution in [0.15, 0.2) is 60.9 Å². The molecule has 58 heavy (non-hydrogen) atoms. The third-order valence-corrected chi connectivity index (χ3v) is 11.7. The van der Waals surface area contributed by atoms with E-state index in [1.165, 1.54) is 13.3 Å². The maximum Gasteiger partial charge on any atom is 0.407 e. The first-order valence-electron chi connectivity index (χ1n) is 19.8. The molecule has 2 unspecified atom stereocenters. The van der Waals surface area contributed by atoms with Gasteiger partial charge >= 0.3 is 6.09 Å². The van der Waals surface area contributed by atoms with Gasteiger partial charge < -0.3 is 35.1 Å². The summed E-state index contributed by atoms with van der Waals surface area (Å²) in [6.45, 7) is 12.3. The zero-order valence-electron chi connectivity index (χ0n) is 33.6. The van der Waals surface area contributed by atoms with Gasteiger partial charge in [-0.15, -0.1) is 0 Å². The Morgan fingerprint density at radius 2 is 1.64 bits per heavy atom. The molecule has 2 saturated heterocycles. The van der Waals surface area contributed by atoms with E-state index in [9.17, 15) is 19.2 Å². The molecule has 15 heteroatoms. The summed E-state index contributed by atoms with van der Waals surface area (Å²) in [5.41, 5.74) is 1.72. The molecule has 13 nitrogen and oxygen atoms in total. The predicted molar refractivity (Wildman–Crippen MR) is 215 cm³/mol. The van der Waals surface area contributed by atoms with E-state index in [-0.39, 0.29) is 58.0 Å². The molecule has 1 saturated carbocycles. The minimum Gasteiger partial charge on any atom is -0.453 e. The third-order valence-electron chi connectivity index (χ3n) is 11.7. The number of carbonyl (C=O) groups excluding carboxylic acids is 4. The maximum absolute atomic E-state index is 15.5. The van der Waals surface area contributed by atoms with Crippen molar-refractivity contribution in [1.29, 1.82) is 0 Å². The molecule has 1 aliphatic carbocycles. The lowest BCUT2D eigenvalue weighted by Gasteiger charge is -2.40. The first-order valence-corrected chi connectivity index (χ1v) is 19.8. The average Bonchev–Trinajstić information content (AvgIpc) is 3.54. The number of nitrogens with one attached hydrogen (secondary N) is 3. The van der Waals surface area contributed by atoms with Crippen molar-refractivity contribution in [3.05, 3.63) is 83.9 Å². The van der Waals surface area contributed by atoms with Gasteiger partial charge in [-0.05, 0) is 72.9 Å². The number of anilines is 2. The number of aromatic nitrogens is 3. The van der Waals surface area contributed by atoms with Crippen molar-refractivity contribution < 1.29 is 32.7 Å². The Hall–Kier alpha value is -5.86. The second kappa shape index (κ2) is 16.2. The van der Waals surface area contributed by atoms with Gasteiger partial charge in [0, 0.05) is 50.0 Å². The van der Waals surface area contributed by atoms with E-state index in [1.54, 1.807) is 47.5 Å². The molecule has 4 heterocycles. The molecule has 0 radical (unpaired) electrons. The molecule has 4 aromatic rings. The second-order valence-corrected chi connectivity index (χ2v) is 16.6. The Kier molecular flexibility index (Phi) is 11.3. The van der Waals surface area contributed by atoms with Crippen molar-refractivity contribution in [2.45, 2.75) is 72.0 Å². The number of nitrogens with zero attached hydrogens (tertiary/aromatic N) is 5. The van der Waals surface area contributed by atoms with Gasteiger partial charge in [0.15, 0.2) is 0 Å². The van der Waals surface area contributed by atoms with Crippen LogP contribution in [0.25, 0.3) is 22.4 Å². The summed E-state index contributed by atoms with van der Waals surface area (Å²) < 4.78 is 35.7. The number of amides is 4. The van der Waals surface area contributed by atoms with Crippen molar-refractivity contribution in [2.24, 2.45) is 17.3 Å². The molecule has 7 rings (SSSR count). The molecule has 3 N–H and O–H groups in total. The van der Waals surface area contributed by atoms with Gasteiger partial charge in [-0.25, -0.2) is 23.5 Å². The number of pyridine rings is 1. The molecule has 2 aromatic heterocycles. The highest BCUT2D eigenvalue weighted by molar-refractivity contribution is 6.04. The molecule has 4 atom stereocenters. The Morgan fingerprint density at radius 3 is 2.24 bits per heavy atom. The third kappa shape index (κ3) is 8.25. The highest BCUT2D eigenvalue weighted by Crippen LogP contribution is 2.52. The minimum absolute atomic E-state index is 0.0390. The number of alkyl carbamates (subject to hydrolysis) is 1. The van der Waals surface area contributed by atoms with E-state index in [4.69, 9.17) is 4.74 Å². The Balaban J connectivity index is 0.971. The fourth-order valence-corrected chi connectivity index (χ4v) is 8.08. The molecule has 0 bridgehead atoms. The monoisotopic (exact) mass is 796 g/mol. The Morgan fingerprint density at radius 1 is 0.948 bits per heavy atom. The van der Waals surface area contributed by atoms with E-state index >= 15 is 8.78 Å². The summed E-state index contributed by atoms with van der Waals surface area (Å²) in [5.74, 6) is -1.03. The van der Waals surface area contributed by atoms with Gasteiger partial charge in [-0.1, -0.05) is 52.0 Å². The number of likely N-dealkylation sites (tertiary alicyclic amines) is 1. The van der Waals surface area contributed by atoms with Crippen molar-refractivity contribution in [2.75, 3.05) is 43.5 Å². The first kappa shape index (κ1) is 40.3. The number of aromatic amines is 1. The van der Waals surface area contributed by atoms with Crippen molar-refractivity contribution in [3.63, 3.8) is 0 Å². The smallest absolute Gasteiger partial charge is 0.407 e. The quantitative estimate of drug-likeness (QED) is 0.159. The Labute approximate surface area is 336 Å². The topological polar surface area (TPSA) is 153 Å². The van der Waals surface area contributed by atoms with Crippen LogP contribution in [0.5, 0.6) is 0 Å². The fraction of sp³-hybridized carbons (Fsp3) is 0.442. The summed E-state index contributed by atoms with van der Waals surface area (Å²) >= 11 is 0. The van der Waals surface area contributed by atoms with E-state index in [2.05, 4.69) is 44.3 Å². The van der Waals surface area contributed by atoms with Gasteiger partial charge in [0.2, 0.25) is 11.8 Å². The van der Waals surface area contributed by atoms with E-state index in [0.29, 0.717) is 55.5 Å². The summed E-state index contributed by atoms with van der Waals surface area (Å²) in [6.07, 6.45) is 4.81. The number of methoxy groups -OCH3 is 1. The first-order chi connectivity index (χ1) is 27.6. The SMILES string of the molecule is COC(=O)N[C@H](C(=O)N1CCCC1c1ncc(-c2ccc(-c3c(F)cc(NC(=O)c4ccc(N5CCN(C(=O)[C@H]6CC6(C)C)CC5C)nc4)cc3F)cc2)[nH]1)C(C)C. The Bertz CT molecular complexity index is 2170. The standard InChI is InChI=1S/C43H50F2N8O5/c1-24(2)37(50-42(57)58-6)41(56)53-15-7-8-34(53)38-47-22-33(49-38)26-9-11-27(12-10-26)36-31(44)18-29(19-32(36)45)48-39(54)28-13-14-35(46-21-28)52-17-16-51(23-25(52)3)40(55)30-20-43(30,4)5/h9-14,18-19,21-22,24-25,30,34,37H,7-8,15-17,20,23H2,1-6H3,(H,47,49)(H,48,54)(H,50,57)/t25?,30-,34?,37+/m1/s1. The molecule has 306 valence electrons. The van der Waals surface area contributed by atoms with E-state index < -0.39 is 29.7 Å². The number of halogens is 2. The largest absolute Gasteiger partial charge is 0.453 e. The van der Waals surface area contributed by atoms with Crippen LogP contribution in [0.3, 0.4) is 0 Å². The van der Waals surface area contributed by atoms with E-state index in [1.807, 2.05) is 25.7 Å². The summed E-state index contributed by atoms with van der Waals surface area (Å²) in [4.78, 5) is 69.6. The van der Waals surface area contributed by atoms with Gasteiger partial charge in [0.1, 0.15) is 29.3 Å². The molecular weight excluding hydrogens is 747 g/mol. The predicted octanol–water partition coefficient (Wildman–Crippen LogP) is 6.80. The van der Waals surface area contributed by atoms with Crippen molar-refractivity contribution >= 4 is 35.3 Å². The zero-order chi connectivity index (χ0) is 41.5. The van der Waals surface area contributed by atoms with Gasteiger partial charge in [0.25, 0.3) is 5.91 Å². The van der Waals surface area contributed by atoms with Crippen LogP contribution in [0.2, 0.25) is 0 Å². The number of carbonyl (C=O) groups is 4. The number of imidazole rings is 1. The second-order valence-electron chi connectivity index (χ2n) is 16.6. The molecule has 0 spiro atoms. The molecule has 3 fully saturated rings. The number of hydrogen-bond donors (Lipinski definition) is 3. The summed E-state index contributed by atoms with van der Waals surface area (Å²) in [5, 5.41) is 5.22. The zero-order valence-corrected chi connectivity index (χ0v) is 33.6. The lowest BCUT2D eigenvalue weighted by molar-refractivity contribution is -0.135. The lowest BCUT2D eigenvalue weighted by atomic mass is 10.0. The number of rotatable bonds is 10. The highest BCUT2D eigenvalue weighted by Gasteiger charge is 2.52. The van der Waals surface area contributed by atoms with Crippen LogP contribution in [-0.4, -0.2) is 93.9 Å². The fourth-order valence-electron chi connectivity index (χ4n) is 8.08. The summed E-state index contributed by atoms with van der Waals surface area (Å²) in [6, 6.07) is 11.2. The van der Waals surface area contributed by atoms with Gasteiger partial charge in [0.05, 0.1) is 36.2 Å². The van der Waals surface area contributed by atoms with Gasteiger partial charge in [-0.3, -0.25) is 14.4 Å². The molecule has 2 aliphatic heterocycles. The number of hydrogen-bond acceptors (Lipinski definition) is 8. The van der Waals surface area contributed by atoms with Crippen LogP contribution in [-0.2, 0) is 14.3 Å². The van der Waals surface area contributed by atoms with Crippen LogP contribution in [0, 0.1) is 28.9 Å². The van der Waals surface area contributed by atoms with Crippen LogP contribution in [0.1, 0.15) is 76.1 Å².